The molecule has 1 unspecified atom stereocenters. The number of aromatic nitrogens is 4. The first-order valence-corrected chi connectivity index (χ1v) is 6.05. The van der Waals surface area contributed by atoms with Gasteiger partial charge >= 0.3 is 0 Å². The number of hydrogen-bond acceptors (Lipinski definition) is 6. The van der Waals surface area contributed by atoms with Gasteiger partial charge in [-0.05, 0) is 5.21 Å². The molecule has 9 nitrogen and oxygen atoms in total. The summed E-state index contributed by atoms with van der Waals surface area (Å²) in [6.45, 7) is -0.0244. The second-order valence-corrected chi connectivity index (χ2v) is 5.34. The van der Waals surface area contributed by atoms with Crippen molar-refractivity contribution in [2.45, 2.75) is 11.7 Å². The lowest BCUT2D eigenvalue weighted by molar-refractivity contribution is -0.117. The number of primary sulfonamides is 1. The maximum atomic E-state index is 11.5. The molecule has 1 aromatic rings. The van der Waals surface area contributed by atoms with E-state index in [1.807, 2.05) is 0 Å². The summed E-state index contributed by atoms with van der Waals surface area (Å²) in [6.07, 6.45) is -0.142. The van der Waals surface area contributed by atoms with Crippen molar-refractivity contribution < 1.29 is 13.2 Å². The van der Waals surface area contributed by atoms with Gasteiger partial charge in [-0.25, -0.2) is 13.6 Å². The van der Waals surface area contributed by atoms with Crippen LogP contribution >= 0.6 is 0 Å². The quantitative estimate of drug-likeness (QED) is 0.620. The molecule has 88 valence electrons. The standard InChI is InChI=1S/C6H10N6O3S/c1-11-9-6(8-10-11)12-3-4(2-5(12)13)16(7,14)15/h4H,2-3H2,1H3,(H2,7,14,15). The fourth-order valence-corrected chi connectivity index (χ4v) is 2.20. The van der Waals surface area contributed by atoms with Crippen LogP contribution in [0.15, 0.2) is 0 Å². The van der Waals surface area contributed by atoms with E-state index in [-0.39, 0.29) is 24.8 Å². The number of aryl methyl sites for hydroxylation is 1. The average Bonchev–Trinajstić information content (AvgIpc) is 2.70. The Hall–Kier alpha value is -1.55. The molecular formula is C6H10N6O3S. The van der Waals surface area contributed by atoms with Gasteiger partial charge in [0.1, 0.15) is 5.25 Å². The van der Waals surface area contributed by atoms with Crippen molar-refractivity contribution in [2.75, 3.05) is 11.4 Å². The van der Waals surface area contributed by atoms with Crippen molar-refractivity contribution in [3.63, 3.8) is 0 Å². The number of carbonyl (C=O) groups is 1. The highest BCUT2D eigenvalue weighted by Gasteiger charge is 2.38. The molecule has 0 aliphatic carbocycles. The van der Waals surface area contributed by atoms with E-state index in [0.29, 0.717) is 0 Å². The minimum atomic E-state index is -3.71. The maximum absolute atomic E-state index is 11.5. The summed E-state index contributed by atoms with van der Waals surface area (Å²) in [6, 6.07) is 0. The van der Waals surface area contributed by atoms with Gasteiger partial charge in [0.25, 0.3) is 5.95 Å². The van der Waals surface area contributed by atoms with Crippen molar-refractivity contribution in [2.24, 2.45) is 12.2 Å². The SMILES string of the molecule is Cn1nnc(N2CC(S(N)(=O)=O)CC2=O)n1. The van der Waals surface area contributed by atoms with Crippen LogP contribution < -0.4 is 10.0 Å². The van der Waals surface area contributed by atoms with Gasteiger partial charge in [-0.15, -0.1) is 5.10 Å². The van der Waals surface area contributed by atoms with Crippen molar-refractivity contribution in [3.05, 3.63) is 0 Å². The Morgan fingerprint density at radius 2 is 2.19 bits per heavy atom. The molecule has 0 bridgehead atoms. The number of hydrogen-bond donors (Lipinski definition) is 1. The van der Waals surface area contributed by atoms with Gasteiger partial charge in [0.15, 0.2) is 0 Å². The number of nitrogens with zero attached hydrogens (tertiary/aromatic N) is 5. The van der Waals surface area contributed by atoms with Gasteiger partial charge in [0, 0.05) is 13.0 Å². The van der Waals surface area contributed by atoms with Crippen molar-refractivity contribution in [3.8, 4) is 0 Å². The molecule has 0 radical (unpaired) electrons. The van der Waals surface area contributed by atoms with Crippen molar-refractivity contribution >= 4 is 21.9 Å². The third-order valence-corrected chi connectivity index (χ3v) is 3.54. The van der Waals surface area contributed by atoms with E-state index in [0.717, 1.165) is 0 Å². The van der Waals surface area contributed by atoms with Gasteiger partial charge < -0.3 is 0 Å². The normalized spacial score (nSPS) is 21.8. The molecule has 1 atom stereocenters. The van der Waals surface area contributed by atoms with Crippen LogP contribution in [0.5, 0.6) is 0 Å². The predicted molar refractivity (Wildman–Crippen MR) is 52.7 cm³/mol. The Bertz CT molecular complexity index is 522. The van der Waals surface area contributed by atoms with Crippen molar-refractivity contribution in [1.29, 1.82) is 0 Å². The number of anilines is 1. The Balaban J connectivity index is 2.24. The molecule has 1 fully saturated rings. The zero-order chi connectivity index (χ0) is 11.9. The molecule has 2 N–H and O–H groups in total. The summed E-state index contributed by atoms with van der Waals surface area (Å²) in [5, 5.41) is 15.1. The number of tetrazole rings is 1. The topological polar surface area (TPSA) is 124 Å². The van der Waals surface area contributed by atoms with Gasteiger partial charge in [-0.2, -0.15) is 4.80 Å². The molecular weight excluding hydrogens is 236 g/mol. The molecule has 1 amide bonds. The first-order chi connectivity index (χ1) is 7.38. The molecule has 16 heavy (non-hydrogen) atoms. The molecule has 1 saturated heterocycles. The first-order valence-electron chi connectivity index (χ1n) is 4.44. The monoisotopic (exact) mass is 246 g/mol. The molecule has 1 aliphatic rings. The molecule has 0 aromatic carbocycles. The number of rotatable bonds is 2. The lowest BCUT2D eigenvalue weighted by atomic mass is 10.4. The largest absolute Gasteiger partial charge is 0.277 e. The van der Waals surface area contributed by atoms with Gasteiger partial charge in [-0.1, -0.05) is 5.10 Å². The lowest BCUT2D eigenvalue weighted by Gasteiger charge is -2.09. The molecule has 2 rings (SSSR count). The zero-order valence-electron chi connectivity index (χ0n) is 8.44. The highest BCUT2D eigenvalue weighted by molar-refractivity contribution is 7.89. The van der Waals surface area contributed by atoms with Crippen molar-refractivity contribution in [1.82, 2.24) is 20.2 Å². The van der Waals surface area contributed by atoms with Crippen LogP contribution in [0.25, 0.3) is 0 Å². The molecule has 0 spiro atoms. The van der Waals surface area contributed by atoms with E-state index in [9.17, 15) is 13.2 Å². The number of nitrogens with two attached hydrogens (primary N) is 1. The molecule has 10 heteroatoms. The summed E-state index contributed by atoms with van der Waals surface area (Å²) >= 11 is 0. The maximum Gasteiger partial charge on any atom is 0.272 e. The first kappa shape index (κ1) is 11.0. The number of sulfonamides is 1. The molecule has 1 aromatic heterocycles. The fourth-order valence-electron chi connectivity index (χ4n) is 1.47. The zero-order valence-corrected chi connectivity index (χ0v) is 9.25. The van der Waals surface area contributed by atoms with E-state index >= 15 is 0 Å². The van der Waals surface area contributed by atoms with Crippen LogP contribution in [0, 0.1) is 0 Å². The molecule has 0 saturated carbocycles. The highest BCUT2D eigenvalue weighted by Crippen LogP contribution is 2.20. The number of amides is 1. The third kappa shape index (κ3) is 1.88. The van der Waals surface area contributed by atoms with Crippen LogP contribution in [0.1, 0.15) is 6.42 Å². The van der Waals surface area contributed by atoms with Crippen LogP contribution in [-0.2, 0) is 21.9 Å². The van der Waals surface area contributed by atoms with Gasteiger partial charge in [-0.3, -0.25) is 9.69 Å². The second-order valence-electron chi connectivity index (χ2n) is 3.50. The van der Waals surface area contributed by atoms with E-state index in [2.05, 4.69) is 15.4 Å². The van der Waals surface area contributed by atoms with Crippen LogP contribution in [0.2, 0.25) is 0 Å². The van der Waals surface area contributed by atoms with E-state index in [1.54, 1.807) is 7.05 Å². The molecule has 2 heterocycles. The summed E-state index contributed by atoms with van der Waals surface area (Å²) in [5.74, 6) is -0.273. The van der Waals surface area contributed by atoms with Crippen LogP contribution in [0.3, 0.4) is 0 Å². The summed E-state index contributed by atoms with van der Waals surface area (Å²) < 4.78 is 22.2. The molecule has 1 aliphatic heterocycles. The Labute approximate surface area is 91.3 Å². The van der Waals surface area contributed by atoms with E-state index < -0.39 is 15.3 Å². The summed E-state index contributed by atoms with van der Waals surface area (Å²) in [5.41, 5.74) is 0. The smallest absolute Gasteiger partial charge is 0.272 e. The van der Waals surface area contributed by atoms with E-state index in [1.165, 1.54) is 9.70 Å². The second kappa shape index (κ2) is 3.49. The summed E-state index contributed by atoms with van der Waals surface area (Å²) in [4.78, 5) is 13.9. The minimum Gasteiger partial charge on any atom is -0.277 e. The predicted octanol–water partition coefficient (Wildman–Crippen LogP) is -2.40. The van der Waals surface area contributed by atoms with Crippen LogP contribution in [-0.4, -0.2) is 46.3 Å². The Kier molecular flexibility index (Phi) is 2.39. The Morgan fingerprint density at radius 3 is 2.62 bits per heavy atom. The highest BCUT2D eigenvalue weighted by atomic mass is 32.2. The van der Waals surface area contributed by atoms with Gasteiger partial charge in [0.2, 0.25) is 15.9 Å². The summed E-state index contributed by atoms with van der Waals surface area (Å²) in [7, 11) is -2.17. The third-order valence-electron chi connectivity index (χ3n) is 2.29. The van der Waals surface area contributed by atoms with E-state index in [4.69, 9.17) is 5.14 Å². The minimum absolute atomic E-state index is 0.0244. The lowest BCUT2D eigenvalue weighted by Crippen LogP contribution is -2.32. The number of carbonyl (C=O) groups excluding carboxylic acids is 1. The average molecular weight is 246 g/mol. The fraction of sp³-hybridized carbons (Fsp3) is 0.667. The van der Waals surface area contributed by atoms with Crippen LogP contribution in [0.4, 0.5) is 5.95 Å². The Morgan fingerprint density at radius 1 is 1.50 bits per heavy atom. The van der Waals surface area contributed by atoms with Gasteiger partial charge in [0.05, 0.1) is 7.05 Å².